The van der Waals surface area contributed by atoms with Crippen LogP contribution in [-0.4, -0.2) is 40.1 Å². The topological polar surface area (TPSA) is 73.4 Å². The normalized spacial score (nSPS) is 11.4. The van der Waals surface area contributed by atoms with Gasteiger partial charge in [-0.15, -0.1) is 0 Å². The van der Waals surface area contributed by atoms with E-state index in [1.54, 1.807) is 27.8 Å². The number of H-pyrrole nitrogens is 1. The van der Waals surface area contributed by atoms with Crippen LogP contribution < -0.4 is 5.43 Å². The molecule has 0 bridgehead atoms. The van der Waals surface area contributed by atoms with Crippen LogP contribution in [0.4, 0.5) is 0 Å². The molecular formula is C12H18N2O3. The Balaban J connectivity index is 3.09. The minimum atomic E-state index is -0.700. The zero-order valence-electron chi connectivity index (χ0n) is 10.6. The summed E-state index contributed by atoms with van der Waals surface area (Å²) in [6.45, 7) is 5.04. The first-order valence-corrected chi connectivity index (χ1v) is 5.38. The maximum absolute atomic E-state index is 12.1. The Morgan fingerprint density at radius 2 is 2.12 bits per heavy atom. The first-order valence-electron chi connectivity index (χ1n) is 5.38. The molecule has 0 aromatic carbocycles. The molecule has 1 rings (SSSR count). The van der Waals surface area contributed by atoms with Gasteiger partial charge in [0.25, 0.3) is 5.91 Å². The third kappa shape index (κ3) is 2.74. The average molecular weight is 238 g/mol. The summed E-state index contributed by atoms with van der Waals surface area (Å²) in [5.41, 5.74) is -0.226. The second-order valence-electron chi connectivity index (χ2n) is 4.73. The van der Waals surface area contributed by atoms with Crippen molar-refractivity contribution in [2.45, 2.75) is 26.3 Å². The third-order valence-corrected chi connectivity index (χ3v) is 2.89. The molecule has 0 atom stereocenters. The fourth-order valence-electron chi connectivity index (χ4n) is 1.30. The second-order valence-corrected chi connectivity index (χ2v) is 4.73. The van der Waals surface area contributed by atoms with Crippen LogP contribution in [0, 0.1) is 6.92 Å². The molecule has 0 aliphatic carbocycles. The van der Waals surface area contributed by atoms with E-state index in [1.807, 2.05) is 0 Å². The lowest BCUT2D eigenvalue weighted by Crippen LogP contribution is -2.48. The Bertz CT molecular complexity index is 477. The number of hydrogen-bond acceptors (Lipinski definition) is 3. The van der Waals surface area contributed by atoms with Gasteiger partial charge in [0.15, 0.2) is 5.43 Å². The molecule has 1 aromatic rings. The Labute approximate surface area is 100 Å². The van der Waals surface area contributed by atoms with Gasteiger partial charge < -0.3 is 15.0 Å². The molecule has 1 heterocycles. The Morgan fingerprint density at radius 3 is 2.59 bits per heavy atom. The van der Waals surface area contributed by atoms with Crippen LogP contribution in [0.25, 0.3) is 0 Å². The fraction of sp³-hybridized carbons (Fsp3) is 0.500. The van der Waals surface area contributed by atoms with Crippen molar-refractivity contribution in [3.05, 3.63) is 33.7 Å². The van der Waals surface area contributed by atoms with Crippen LogP contribution in [0.2, 0.25) is 0 Å². The Hall–Kier alpha value is -1.62. The van der Waals surface area contributed by atoms with E-state index >= 15 is 0 Å². The van der Waals surface area contributed by atoms with E-state index in [1.165, 1.54) is 17.2 Å². The lowest BCUT2D eigenvalue weighted by molar-refractivity contribution is 0.0471. The SMILES string of the molecule is Cc1cc(=O)c(C(=O)N(C)C(C)(C)CO)c[nH]1. The van der Waals surface area contributed by atoms with E-state index in [9.17, 15) is 14.7 Å². The number of amides is 1. The Morgan fingerprint density at radius 1 is 1.53 bits per heavy atom. The van der Waals surface area contributed by atoms with E-state index in [4.69, 9.17) is 0 Å². The van der Waals surface area contributed by atoms with Gasteiger partial charge in [0, 0.05) is 25.0 Å². The van der Waals surface area contributed by atoms with Gasteiger partial charge >= 0.3 is 0 Å². The largest absolute Gasteiger partial charge is 0.394 e. The molecule has 0 radical (unpaired) electrons. The molecule has 5 heteroatoms. The van der Waals surface area contributed by atoms with Crippen molar-refractivity contribution in [3.63, 3.8) is 0 Å². The van der Waals surface area contributed by atoms with Crippen molar-refractivity contribution in [2.24, 2.45) is 0 Å². The third-order valence-electron chi connectivity index (χ3n) is 2.89. The molecular weight excluding hydrogens is 220 g/mol. The van der Waals surface area contributed by atoms with Gasteiger partial charge in [-0.3, -0.25) is 9.59 Å². The lowest BCUT2D eigenvalue weighted by Gasteiger charge is -2.33. The predicted octanol–water partition coefficient (Wildman–Crippen LogP) is 0.526. The molecule has 0 unspecified atom stereocenters. The van der Waals surface area contributed by atoms with Gasteiger partial charge in [0.2, 0.25) is 0 Å². The van der Waals surface area contributed by atoms with E-state index < -0.39 is 11.4 Å². The van der Waals surface area contributed by atoms with Crippen molar-refractivity contribution in [2.75, 3.05) is 13.7 Å². The zero-order chi connectivity index (χ0) is 13.2. The highest BCUT2D eigenvalue weighted by molar-refractivity contribution is 5.94. The highest BCUT2D eigenvalue weighted by Gasteiger charge is 2.28. The number of aliphatic hydroxyl groups is 1. The molecule has 94 valence electrons. The summed E-state index contributed by atoms with van der Waals surface area (Å²) in [5, 5.41) is 9.19. The van der Waals surface area contributed by atoms with Crippen molar-refractivity contribution in [1.29, 1.82) is 0 Å². The number of nitrogens with one attached hydrogen (secondary N) is 1. The number of likely N-dealkylation sites (N-methyl/N-ethyl adjacent to an activating group) is 1. The molecule has 5 nitrogen and oxygen atoms in total. The van der Waals surface area contributed by atoms with Crippen molar-refractivity contribution >= 4 is 5.91 Å². The van der Waals surface area contributed by atoms with E-state index in [-0.39, 0.29) is 17.6 Å². The number of aryl methyl sites for hydroxylation is 1. The smallest absolute Gasteiger partial charge is 0.259 e. The molecule has 17 heavy (non-hydrogen) atoms. The first-order chi connectivity index (χ1) is 7.79. The maximum atomic E-state index is 12.1. The van der Waals surface area contributed by atoms with E-state index in [2.05, 4.69) is 4.98 Å². The summed E-state index contributed by atoms with van der Waals surface area (Å²) in [5.74, 6) is -0.398. The molecule has 0 saturated heterocycles. The standard InChI is InChI=1S/C12H18N2O3/c1-8-5-10(16)9(6-13-8)11(17)14(4)12(2,3)7-15/h5-6,15H,7H2,1-4H3,(H,13,16). The van der Waals surface area contributed by atoms with Gasteiger partial charge in [-0.2, -0.15) is 0 Å². The van der Waals surface area contributed by atoms with Crippen molar-refractivity contribution in [3.8, 4) is 0 Å². The first kappa shape index (κ1) is 13.4. The van der Waals surface area contributed by atoms with Crippen LogP contribution in [0.15, 0.2) is 17.1 Å². The van der Waals surface area contributed by atoms with Crippen LogP contribution in [0.1, 0.15) is 29.9 Å². The van der Waals surface area contributed by atoms with Crippen molar-refractivity contribution < 1.29 is 9.90 Å². The number of aliphatic hydroxyl groups excluding tert-OH is 1. The highest BCUT2D eigenvalue weighted by atomic mass is 16.3. The quantitative estimate of drug-likeness (QED) is 0.806. The molecule has 0 spiro atoms. The fourth-order valence-corrected chi connectivity index (χ4v) is 1.30. The van der Waals surface area contributed by atoms with Gasteiger partial charge in [0.05, 0.1) is 12.1 Å². The highest BCUT2D eigenvalue weighted by Crippen LogP contribution is 2.13. The number of nitrogens with zero attached hydrogens (tertiary/aromatic N) is 1. The summed E-state index contributed by atoms with van der Waals surface area (Å²) in [4.78, 5) is 28.0. The van der Waals surface area contributed by atoms with Crippen molar-refractivity contribution in [1.82, 2.24) is 9.88 Å². The Kier molecular flexibility index (Phi) is 3.72. The second kappa shape index (κ2) is 4.71. The summed E-state index contributed by atoms with van der Waals surface area (Å²) in [7, 11) is 1.57. The van der Waals surface area contributed by atoms with Gasteiger partial charge in [-0.1, -0.05) is 0 Å². The average Bonchev–Trinajstić information content (AvgIpc) is 2.27. The molecule has 2 N–H and O–H groups in total. The zero-order valence-corrected chi connectivity index (χ0v) is 10.6. The molecule has 0 fully saturated rings. The molecule has 1 aromatic heterocycles. The van der Waals surface area contributed by atoms with Gasteiger partial charge in [-0.25, -0.2) is 0 Å². The minimum absolute atomic E-state index is 0.0830. The summed E-state index contributed by atoms with van der Waals surface area (Å²) >= 11 is 0. The summed E-state index contributed by atoms with van der Waals surface area (Å²) < 4.78 is 0. The number of carbonyl (C=O) groups excluding carboxylic acids is 1. The number of carbonyl (C=O) groups is 1. The number of rotatable bonds is 3. The summed E-state index contributed by atoms with van der Waals surface area (Å²) in [6, 6.07) is 1.38. The lowest BCUT2D eigenvalue weighted by atomic mass is 10.0. The van der Waals surface area contributed by atoms with Crippen LogP contribution >= 0.6 is 0 Å². The van der Waals surface area contributed by atoms with Crippen LogP contribution in [-0.2, 0) is 0 Å². The monoisotopic (exact) mass is 238 g/mol. The van der Waals surface area contributed by atoms with E-state index in [0.717, 1.165) is 0 Å². The molecule has 1 amide bonds. The number of aromatic amines is 1. The number of pyridine rings is 1. The molecule has 0 aliphatic rings. The molecule has 0 saturated carbocycles. The molecule has 0 aliphatic heterocycles. The van der Waals surface area contributed by atoms with E-state index in [0.29, 0.717) is 5.69 Å². The van der Waals surface area contributed by atoms with Gasteiger partial charge in [0.1, 0.15) is 5.56 Å². The minimum Gasteiger partial charge on any atom is -0.394 e. The van der Waals surface area contributed by atoms with Gasteiger partial charge in [-0.05, 0) is 20.8 Å². The van der Waals surface area contributed by atoms with Crippen LogP contribution in [0.5, 0.6) is 0 Å². The van der Waals surface area contributed by atoms with Crippen LogP contribution in [0.3, 0.4) is 0 Å². The summed E-state index contributed by atoms with van der Waals surface area (Å²) in [6.07, 6.45) is 1.41. The number of aromatic nitrogens is 1. The predicted molar refractivity (Wildman–Crippen MR) is 65.1 cm³/mol. The number of hydrogen-bond donors (Lipinski definition) is 2. The maximum Gasteiger partial charge on any atom is 0.259 e.